The van der Waals surface area contributed by atoms with Gasteiger partial charge in [-0.3, -0.25) is 4.79 Å². The van der Waals surface area contributed by atoms with Gasteiger partial charge in [-0.2, -0.15) is 0 Å². The minimum absolute atomic E-state index is 0.0371. The molecule has 98 valence electrons. The molecule has 1 fully saturated rings. The molecule has 4 nitrogen and oxygen atoms in total. The molecule has 0 aromatic carbocycles. The first-order valence-corrected chi connectivity index (χ1v) is 7.00. The fraction of sp³-hybridized carbons (Fsp3) is 0.538. The smallest absolute Gasteiger partial charge is 0.255 e. The summed E-state index contributed by atoms with van der Waals surface area (Å²) in [6.07, 6.45) is 3.83. The van der Waals surface area contributed by atoms with E-state index in [1.54, 1.807) is 12.3 Å². The number of nitrogen functional groups attached to an aromatic ring is 1. The number of piperidine rings is 1. The molecule has 0 saturated carbocycles. The molecule has 0 spiro atoms. The van der Waals surface area contributed by atoms with Crippen molar-refractivity contribution < 1.29 is 4.79 Å². The number of pyridine rings is 1. The van der Waals surface area contributed by atoms with Gasteiger partial charge in [0, 0.05) is 23.3 Å². The average molecular weight is 312 g/mol. The number of hydrogen-bond donors (Lipinski definition) is 1. The van der Waals surface area contributed by atoms with Crippen LogP contribution >= 0.6 is 15.9 Å². The first-order chi connectivity index (χ1) is 8.49. The van der Waals surface area contributed by atoms with Gasteiger partial charge in [0.25, 0.3) is 5.91 Å². The van der Waals surface area contributed by atoms with Crippen LogP contribution in [-0.2, 0) is 0 Å². The number of nitrogens with zero attached hydrogens (tertiary/aromatic N) is 2. The summed E-state index contributed by atoms with van der Waals surface area (Å²) in [5.41, 5.74) is 6.25. The number of halogens is 1. The third-order valence-electron chi connectivity index (χ3n) is 3.49. The second-order valence-corrected chi connectivity index (χ2v) is 5.93. The Morgan fingerprint density at radius 2 is 2.22 bits per heavy atom. The highest BCUT2D eigenvalue weighted by atomic mass is 79.9. The monoisotopic (exact) mass is 311 g/mol. The van der Waals surface area contributed by atoms with Crippen LogP contribution in [0.15, 0.2) is 16.7 Å². The maximum Gasteiger partial charge on any atom is 0.255 e. The molecule has 1 aromatic heterocycles. The van der Waals surface area contributed by atoms with Crippen LogP contribution in [0.2, 0.25) is 0 Å². The summed E-state index contributed by atoms with van der Waals surface area (Å²) in [5, 5.41) is 0. The Hall–Kier alpha value is -1.10. The van der Waals surface area contributed by atoms with Gasteiger partial charge in [0.1, 0.15) is 5.82 Å². The average Bonchev–Trinajstić information content (AvgIpc) is 2.34. The number of aromatic nitrogens is 1. The van der Waals surface area contributed by atoms with E-state index in [1.165, 1.54) is 6.42 Å². The molecule has 2 heterocycles. The number of hydrogen-bond acceptors (Lipinski definition) is 3. The molecule has 1 saturated heterocycles. The van der Waals surface area contributed by atoms with Gasteiger partial charge in [0.15, 0.2) is 0 Å². The van der Waals surface area contributed by atoms with Crippen molar-refractivity contribution in [3.05, 3.63) is 22.3 Å². The van der Waals surface area contributed by atoms with Gasteiger partial charge in [0.05, 0.1) is 5.56 Å². The number of nitrogens with two attached hydrogens (primary N) is 1. The molecule has 5 heteroatoms. The molecular weight excluding hydrogens is 294 g/mol. The molecule has 0 aliphatic carbocycles. The molecule has 1 aliphatic rings. The van der Waals surface area contributed by atoms with Crippen molar-refractivity contribution in [3.8, 4) is 0 Å². The number of carbonyl (C=O) groups excluding carboxylic acids is 1. The minimum atomic E-state index is 0.0371. The summed E-state index contributed by atoms with van der Waals surface area (Å²) in [4.78, 5) is 18.4. The van der Waals surface area contributed by atoms with Crippen LogP contribution in [0.1, 0.15) is 37.0 Å². The van der Waals surface area contributed by atoms with E-state index in [2.05, 4.69) is 34.8 Å². The standard InChI is InChI=1S/C13H18BrN3O/c1-8-3-4-9(2)17(7-8)13(18)10-5-12(15)16-6-11(10)14/h5-6,8-9H,3-4,7H2,1-2H3,(H2,15,16). The van der Waals surface area contributed by atoms with Gasteiger partial charge >= 0.3 is 0 Å². The molecule has 0 radical (unpaired) electrons. The van der Waals surface area contributed by atoms with Crippen molar-refractivity contribution in [1.82, 2.24) is 9.88 Å². The van der Waals surface area contributed by atoms with Gasteiger partial charge in [0.2, 0.25) is 0 Å². The maximum atomic E-state index is 12.5. The zero-order valence-corrected chi connectivity index (χ0v) is 12.3. The lowest BCUT2D eigenvalue weighted by Crippen LogP contribution is -2.45. The van der Waals surface area contributed by atoms with Crippen molar-refractivity contribution >= 4 is 27.7 Å². The second-order valence-electron chi connectivity index (χ2n) is 5.08. The molecule has 1 amide bonds. The quantitative estimate of drug-likeness (QED) is 0.867. The third kappa shape index (κ3) is 2.66. The van der Waals surface area contributed by atoms with Crippen LogP contribution in [-0.4, -0.2) is 28.4 Å². The Morgan fingerprint density at radius 3 is 2.94 bits per heavy atom. The van der Waals surface area contributed by atoms with Crippen LogP contribution in [0.4, 0.5) is 5.82 Å². The van der Waals surface area contributed by atoms with Gasteiger partial charge in [-0.25, -0.2) is 4.98 Å². The van der Waals surface area contributed by atoms with Crippen LogP contribution < -0.4 is 5.73 Å². The van der Waals surface area contributed by atoms with Crippen molar-refractivity contribution in [3.63, 3.8) is 0 Å². The molecule has 2 unspecified atom stereocenters. The summed E-state index contributed by atoms with van der Waals surface area (Å²) in [7, 11) is 0. The first kappa shape index (κ1) is 13.3. The van der Waals surface area contributed by atoms with Crippen LogP contribution in [0, 0.1) is 5.92 Å². The van der Waals surface area contributed by atoms with E-state index in [0.717, 1.165) is 13.0 Å². The van der Waals surface area contributed by atoms with Crippen molar-refractivity contribution in [1.29, 1.82) is 0 Å². The Bertz CT molecular complexity index is 464. The zero-order chi connectivity index (χ0) is 13.3. The fourth-order valence-electron chi connectivity index (χ4n) is 2.35. The molecule has 2 N–H and O–H groups in total. The summed E-state index contributed by atoms with van der Waals surface area (Å²) in [5.74, 6) is 0.970. The maximum absolute atomic E-state index is 12.5. The third-order valence-corrected chi connectivity index (χ3v) is 4.12. The normalized spacial score (nSPS) is 24.1. The summed E-state index contributed by atoms with van der Waals surface area (Å²) in [6, 6.07) is 1.92. The SMILES string of the molecule is CC1CCC(C)N(C(=O)c2cc(N)ncc2Br)C1. The second kappa shape index (κ2) is 5.26. The summed E-state index contributed by atoms with van der Waals surface area (Å²) in [6.45, 7) is 5.10. The highest BCUT2D eigenvalue weighted by molar-refractivity contribution is 9.10. The van der Waals surface area contributed by atoms with Crippen molar-refractivity contribution in [2.24, 2.45) is 5.92 Å². The topological polar surface area (TPSA) is 59.2 Å². The molecule has 1 aromatic rings. The predicted octanol–water partition coefficient (Wildman–Crippen LogP) is 2.69. The molecule has 2 atom stereocenters. The van der Waals surface area contributed by atoms with E-state index < -0.39 is 0 Å². The van der Waals surface area contributed by atoms with Crippen LogP contribution in [0.25, 0.3) is 0 Å². The fourth-order valence-corrected chi connectivity index (χ4v) is 2.73. The summed E-state index contributed by atoms with van der Waals surface area (Å²) < 4.78 is 0.701. The zero-order valence-electron chi connectivity index (χ0n) is 10.7. The lowest BCUT2D eigenvalue weighted by molar-refractivity contribution is 0.0573. The number of rotatable bonds is 1. The minimum Gasteiger partial charge on any atom is -0.384 e. The number of carbonyl (C=O) groups is 1. The molecule has 2 rings (SSSR count). The van der Waals surface area contributed by atoms with E-state index in [1.807, 2.05) is 4.90 Å². The van der Waals surface area contributed by atoms with Crippen LogP contribution in [0.5, 0.6) is 0 Å². The summed E-state index contributed by atoms with van der Waals surface area (Å²) >= 11 is 3.37. The van der Waals surface area contributed by atoms with Crippen molar-refractivity contribution in [2.75, 3.05) is 12.3 Å². The van der Waals surface area contributed by atoms with Crippen molar-refractivity contribution in [2.45, 2.75) is 32.7 Å². The molecule has 18 heavy (non-hydrogen) atoms. The van der Waals surface area contributed by atoms with Gasteiger partial charge < -0.3 is 10.6 Å². The Morgan fingerprint density at radius 1 is 1.50 bits per heavy atom. The van der Waals surface area contributed by atoms with Gasteiger partial charge in [-0.1, -0.05) is 6.92 Å². The number of amides is 1. The highest BCUT2D eigenvalue weighted by Gasteiger charge is 2.28. The highest BCUT2D eigenvalue weighted by Crippen LogP contribution is 2.26. The number of anilines is 1. The van der Waals surface area contributed by atoms with Gasteiger partial charge in [-0.15, -0.1) is 0 Å². The predicted molar refractivity (Wildman–Crippen MR) is 75.2 cm³/mol. The van der Waals surface area contributed by atoms with Crippen LogP contribution in [0.3, 0.4) is 0 Å². The molecular formula is C13H18BrN3O. The Kier molecular flexibility index (Phi) is 3.90. The van der Waals surface area contributed by atoms with Gasteiger partial charge in [-0.05, 0) is 47.7 Å². The van der Waals surface area contributed by atoms with E-state index >= 15 is 0 Å². The molecule has 0 bridgehead atoms. The van der Waals surface area contributed by atoms with E-state index in [-0.39, 0.29) is 11.9 Å². The lowest BCUT2D eigenvalue weighted by Gasteiger charge is -2.37. The number of likely N-dealkylation sites (tertiary alicyclic amines) is 1. The first-order valence-electron chi connectivity index (χ1n) is 6.21. The van der Waals surface area contributed by atoms with E-state index in [0.29, 0.717) is 21.8 Å². The van der Waals surface area contributed by atoms with E-state index in [4.69, 9.17) is 5.73 Å². The lowest BCUT2D eigenvalue weighted by atomic mass is 9.94. The Labute approximate surface area is 116 Å². The van der Waals surface area contributed by atoms with E-state index in [9.17, 15) is 4.79 Å². The molecule has 1 aliphatic heterocycles. The largest absolute Gasteiger partial charge is 0.384 e. The Balaban J connectivity index is 2.27.